The second-order valence-electron chi connectivity index (χ2n) is 25.1. The molecule has 3 aromatic rings. The molecule has 9 rings (SSSR count). The number of hydrogen-bond acceptors (Lipinski definition) is 13. The number of carbonyl (C=O) groups is 3. The van der Waals surface area contributed by atoms with Gasteiger partial charge >= 0.3 is 13.8 Å². The minimum atomic E-state index is -4.82. The fourth-order valence-electron chi connectivity index (χ4n) is 15.5. The molecule has 4 saturated carbocycles. The number of aliphatic hydroxyl groups is 2. The fraction of sp³-hybridized carbons (Fsp3) is 0.621. The smallest absolute Gasteiger partial charge is 0.466 e. The Balaban J connectivity index is 0.824. The number of aliphatic hydroxyl groups excluding tert-OH is 2. The molecule has 0 bridgehead atoms. The molecular weight excluding hydrogens is 1080 g/mol. The highest BCUT2D eigenvalue weighted by Gasteiger charge is 2.76. The Kier molecular flexibility index (Phi) is 21.2. The van der Waals surface area contributed by atoms with Crippen molar-refractivity contribution in [2.24, 2.45) is 34.5 Å². The largest absolute Gasteiger partial charge is 0.472 e. The Hall–Kier alpha value is -4.42. The van der Waals surface area contributed by atoms with Crippen molar-refractivity contribution < 1.29 is 71.6 Å². The SMILES string of the molecule is CC[N+](CC)(Cc1cccc(C(=O)OCC(=O)[C@@]23O[C@H](C4CCCCC4)O[C@@H]2C[C@H]2[C@@H]4CCC5=CC(=O)C=C[C@]5(C)[C@H]4[C@@H](O)C[C@@]23C)c1)Cc1cc(C(O)CNCCCCCCOCCCCc2ccccc2)ccc1OCOP(=O)(O)O. The number of allylic oxidation sites excluding steroid dienone is 4. The van der Waals surface area contributed by atoms with Crippen LogP contribution in [-0.2, 0) is 57.1 Å². The van der Waals surface area contributed by atoms with Gasteiger partial charge in [-0.1, -0.05) is 106 Å². The monoisotopic (exact) mass is 1170 g/mol. The van der Waals surface area contributed by atoms with E-state index >= 15 is 4.79 Å². The van der Waals surface area contributed by atoms with E-state index < -0.39 is 68.2 Å². The first-order valence-electron chi connectivity index (χ1n) is 31.0. The number of aryl methyl sites for hydroxylation is 1. The van der Waals surface area contributed by atoms with E-state index in [0.717, 1.165) is 121 Å². The number of Topliss-reactive ketones (excluding diaryl/α,β-unsaturated/α-hetero) is 1. The molecule has 0 aromatic heterocycles. The van der Waals surface area contributed by atoms with Crippen LogP contribution >= 0.6 is 7.82 Å². The van der Waals surface area contributed by atoms with E-state index in [9.17, 15) is 34.2 Å². The van der Waals surface area contributed by atoms with Crippen LogP contribution in [0, 0.1) is 34.5 Å². The molecule has 5 aliphatic carbocycles. The zero-order valence-corrected chi connectivity index (χ0v) is 50.3. The molecule has 454 valence electrons. The zero-order valence-electron chi connectivity index (χ0n) is 49.4. The third kappa shape index (κ3) is 14.5. The third-order valence-corrected chi connectivity index (χ3v) is 20.5. The Morgan fingerprint density at radius 3 is 2.39 bits per heavy atom. The third-order valence-electron chi connectivity index (χ3n) is 20.0. The first-order valence-corrected chi connectivity index (χ1v) is 32.5. The summed E-state index contributed by atoms with van der Waals surface area (Å²) in [6, 6.07) is 23.1. The normalized spacial score (nSPS) is 28.2. The number of benzene rings is 3. The fourth-order valence-corrected chi connectivity index (χ4v) is 15.7. The number of unbranched alkanes of at least 4 members (excludes halogenated alkanes) is 4. The molecule has 0 radical (unpaired) electrons. The summed E-state index contributed by atoms with van der Waals surface area (Å²) in [5.41, 5.74) is 2.19. The highest BCUT2D eigenvalue weighted by Crippen LogP contribution is 2.70. The number of ketones is 2. The standard InChI is InChI=1S/C66H91N2O14P/c1-5-68(6-2,43-51-37-49(27-30-58(51)79-45-80-83(74,75)76)57(71)41-67-33-16-7-8-17-34-77-35-18-15-22-46-20-11-9-12-21-46)42-47-23-19-26-50(36-47)62(73)78-44-59(72)66-60(81-63(82-66)48-24-13-10-14-25-48)39-55-54-29-28-52-38-53(69)31-32-64(52,3)61(54)56(70)40-65(55,66)4/h9,11-12,19-21,23,26-27,30-32,36-38,48,54-57,60-61,63,67,70-71H,5-8,10,13-18,22,24-25,28-29,33-35,39-45H2,1-4H3,(H-,74,75,76)/p+1/t54-,55-,56-,57?,60+,61+,63+,64-,65-,66+/m0/s1. The molecule has 5 fully saturated rings. The average Bonchev–Trinajstić information content (AvgIpc) is 1.57. The highest BCUT2D eigenvalue weighted by atomic mass is 31.2. The van der Waals surface area contributed by atoms with E-state index in [0.29, 0.717) is 66.9 Å². The molecule has 3 aromatic carbocycles. The van der Waals surface area contributed by atoms with E-state index in [2.05, 4.69) is 61.8 Å². The van der Waals surface area contributed by atoms with Gasteiger partial charge in [-0.3, -0.25) is 9.59 Å². The van der Waals surface area contributed by atoms with Crippen molar-refractivity contribution in [3.63, 3.8) is 0 Å². The maximum atomic E-state index is 15.3. The molecule has 1 aliphatic heterocycles. The lowest BCUT2D eigenvalue weighted by atomic mass is 9.46. The van der Waals surface area contributed by atoms with E-state index in [1.54, 1.807) is 42.5 Å². The van der Waals surface area contributed by atoms with Crippen molar-refractivity contribution in [2.75, 3.05) is 52.8 Å². The summed E-state index contributed by atoms with van der Waals surface area (Å²) in [5.74, 6) is -0.628. The van der Waals surface area contributed by atoms with Crippen LogP contribution in [-0.4, -0.2) is 119 Å². The van der Waals surface area contributed by atoms with Gasteiger partial charge in [-0.05, 0) is 150 Å². The van der Waals surface area contributed by atoms with Crippen LogP contribution in [0.4, 0.5) is 0 Å². The summed E-state index contributed by atoms with van der Waals surface area (Å²) >= 11 is 0. The molecule has 0 amide bonds. The van der Waals surface area contributed by atoms with Gasteiger partial charge in [0.15, 0.2) is 31.1 Å². The van der Waals surface area contributed by atoms with Crippen LogP contribution in [0.2, 0.25) is 0 Å². The number of phosphoric ester groups is 1. The summed E-state index contributed by atoms with van der Waals surface area (Å²) in [7, 11) is -4.82. The average molecular weight is 1170 g/mol. The van der Waals surface area contributed by atoms with Gasteiger partial charge in [-0.25, -0.2) is 13.9 Å². The molecule has 1 saturated heterocycles. The van der Waals surface area contributed by atoms with Crippen molar-refractivity contribution in [3.8, 4) is 5.75 Å². The number of nitrogens with one attached hydrogen (secondary N) is 1. The number of rotatable bonds is 30. The zero-order chi connectivity index (χ0) is 58.8. The summed E-state index contributed by atoms with van der Waals surface area (Å²) in [4.78, 5) is 60.8. The number of carbonyl (C=O) groups excluding carboxylic acids is 3. The van der Waals surface area contributed by atoms with Crippen LogP contribution in [0.25, 0.3) is 0 Å². The summed E-state index contributed by atoms with van der Waals surface area (Å²) in [6.07, 6.45) is 17.5. The number of quaternary nitrogens is 1. The second kappa shape index (κ2) is 28.0. The number of ether oxygens (including phenoxy) is 5. The van der Waals surface area contributed by atoms with Crippen LogP contribution in [0.15, 0.2) is 96.6 Å². The van der Waals surface area contributed by atoms with Crippen molar-refractivity contribution in [1.82, 2.24) is 5.32 Å². The van der Waals surface area contributed by atoms with Gasteiger partial charge < -0.3 is 53.5 Å². The lowest BCUT2D eigenvalue weighted by Crippen LogP contribution is -2.63. The molecule has 83 heavy (non-hydrogen) atoms. The van der Waals surface area contributed by atoms with Gasteiger partial charge in [0.2, 0.25) is 5.78 Å². The first kappa shape index (κ1) is 63.1. The first-order chi connectivity index (χ1) is 39.9. The van der Waals surface area contributed by atoms with Crippen molar-refractivity contribution in [2.45, 2.75) is 174 Å². The lowest BCUT2D eigenvalue weighted by Gasteiger charge is -2.59. The Labute approximate surface area is 491 Å². The van der Waals surface area contributed by atoms with Crippen LogP contribution < -0.4 is 10.1 Å². The van der Waals surface area contributed by atoms with Gasteiger partial charge in [-0.15, -0.1) is 0 Å². The summed E-state index contributed by atoms with van der Waals surface area (Å²) in [6.45, 7) is 12.0. The number of hydrogen-bond donors (Lipinski definition) is 5. The van der Waals surface area contributed by atoms with Crippen LogP contribution in [0.1, 0.15) is 163 Å². The van der Waals surface area contributed by atoms with Gasteiger partial charge in [0, 0.05) is 53.6 Å². The molecular formula is C66H92N2O14P+. The van der Waals surface area contributed by atoms with E-state index in [1.165, 1.54) is 5.56 Å². The van der Waals surface area contributed by atoms with Gasteiger partial charge in [-0.2, -0.15) is 0 Å². The summed E-state index contributed by atoms with van der Waals surface area (Å²) in [5, 5.41) is 27.2. The minimum Gasteiger partial charge on any atom is -0.466 e. The maximum absolute atomic E-state index is 15.3. The van der Waals surface area contributed by atoms with Gasteiger partial charge in [0.25, 0.3) is 0 Å². The highest BCUT2D eigenvalue weighted by molar-refractivity contribution is 7.46. The molecule has 5 N–H and O–H groups in total. The van der Waals surface area contributed by atoms with Gasteiger partial charge in [0.05, 0.1) is 37.0 Å². The van der Waals surface area contributed by atoms with E-state index in [1.807, 2.05) is 24.3 Å². The van der Waals surface area contributed by atoms with Gasteiger partial charge in [0.1, 0.15) is 18.8 Å². The number of fused-ring (bicyclic) bond motifs is 7. The predicted octanol–water partition coefficient (Wildman–Crippen LogP) is 10.6. The minimum absolute atomic E-state index is 0.0161. The quantitative estimate of drug-likeness (QED) is 0.0138. The Morgan fingerprint density at radius 2 is 1.63 bits per heavy atom. The molecule has 1 unspecified atom stereocenters. The molecule has 1 heterocycles. The number of phosphoric acid groups is 1. The molecule has 17 heteroatoms. The van der Waals surface area contributed by atoms with Crippen LogP contribution in [0.5, 0.6) is 5.75 Å². The summed E-state index contributed by atoms with van der Waals surface area (Å²) < 4.78 is 48.5. The second-order valence-corrected chi connectivity index (χ2v) is 26.4. The molecule has 0 spiro atoms. The predicted molar refractivity (Wildman–Crippen MR) is 314 cm³/mol. The van der Waals surface area contributed by atoms with E-state index in [-0.39, 0.29) is 40.8 Å². The Bertz CT molecular complexity index is 2790. The lowest BCUT2D eigenvalue weighted by molar-refractivity contribution is -0.950. The van der Waals surface area contributed by atoms with E-state index in [4.69, 9.17) is 23.7 Å². The molecule has 10 atom stereocenters. The molecule has 6 aliphatic rings. The molecule has 16 nitrogen and oxygen atoms in total. The number of nitrogens with zero attached hydrogens (tertiary/aromatic N) is 1. The Morgan fingerprint density at radius 1 is 0.880 bits per heavy atom. The van der Waals surface area contributed by atoms with Crippen molar-refractivity contribution >= 4 is 25.4 Å². The topological polar surface area (TPSA) is 217 Å². The maximum Gasteiger partial charge on any atom is 0.472 e. The van der Waals surface area contributed by atoms with Crippen LogP contribution in [0.3, 0.4) is 0 Å². The number of esters is 1. The van der Waals surface area contributed by atoms with Crippen molar-refractivity contribution in [1.29, 1.82) is 0 Å². The van der Waals surface area contributed by atoms with Crippen molar-refractivity contribution in [3.05, 3.63) is 124 Å².